The van der Waals surface area contributed by atoms with Crippen LogP contribution in [0.4, 0.5) is 5.13 Å². The summed E-state index contributed by atoms with van der Waals surface area (Å²) in [6, 6.07) is 26.8. The second kappa shape index (κ2) is 34.8. The number of unbranched alkanes of at least 4 members (excludes halogenated alkanes) is 7. The van der Waals surface area contributed by atoms with Gasteiger partial charge in [-0.15, -0.1) is 0 Å². The number of hydrogen-bond acceptors (Lipinski definition) is 18. The summed E-state index contributed by atoms with van der Waals surface area (Å²) in [5, 5.41) is 7.73. The van der Waals surface area contributed by atoms with Crippen LogP contribution >= 0.6 is 11.3 Å². The Labute approximate surface area is 503 Å². The fraction of sp³-hybridized carbons (Fsp3) is 0.463. The Balaban J connectivity index is 0.928. The molecular weight excluding hydrogens is 1100 g/mol. The second-order valence-corrected chi connectivity index (χ2v) is 22.5. The third kappa shape index (κ3) is 21.0. The van der Waals surface area contributed by atoms with Crippen molar-refractivity contribution in [3.05, 3.63) is 122 Å². The van der Waals surface area contributed by atoms with Crippen LogP contribution < -0.4 is 33.4 Å². The average Bonchev–Trinajstić information content (AvgIpc) is 4.08. The molecule has 0 saturated heterocycles. The van der Waals surface area contributed by atoms with E-state index < -0.39 is 35.7 Å². The molecule has 1 unspecified atom stereocenters. The minimum atomic E-state index is -0.468. The summed E-state index contributed by atoms with van der Waals surface area (Å²) in [6.07, 6.45) is 18.1. The maximum Gasteiger partial charge on any atom is 0.330 e. The summed E-state index contributed by atoms with van der Waals surface area (Å²) in [7, 11) is 0. The van der Waals surface area contributed by atoms with Crippen molar-refractivity contribution >= 4 is 68.7 Å². The number of hydrogen-bond donors (Lipinski definition) is 0. The molecule has 0 N–H and O–H groups in total. The molecule has 2 aliphatic rings. The van der Waals surface area contributed by atoms with Crippen LogP contribution in [-0.4, -0.2) is 79.5 Å². The van der Waals surface area contributed by atoms with E-state index in [1.807, 2.05) is 29.3 Å². The van der Waals surface area contributed by atoms with E-state index in [-0.39, 0.29) is 41.3 Å². The molecule has 7 rings (SSSR count). The Morgan fingerprint density at radius 1 is 0.553 bits per heavy atom. The summed E-state index contributed by atoms with van der Waals surface area (Å²) in [5.74, 6) is -1.42. The minimum Gasteiger partial charge on any atom is -0.494 e. The number of carbonyl (C=O) groups excluding carboxylic acids is 6. The molecular formula is C67H81N3O14S. The maximum absolute atomic E-state index is 14.0. The van der Waals surface area contributed by atoms with E-state index in [2.05, 4.69) is 27.0 Å². The Bertz CT molecular complexity index is 2960. The highest BCUT2D eigenvalue weighted by molar-refractivity contribution is 7.22. The molecule has 1 atom stereocenters. The first-order valence-corrected chi connectivity index (χ1v) is 31.0. The zero-order valence-electron chi connectivity index (χ0n) is 49.1. The topological polar surface area (TPSA) is 205 Å². The van der Waals surface area contributed by atoms with Gasteiger partial charge in [-0.3, -0.25) is 19.2 Å². The zero-order chi connectivity index (χ0) is 60.2. The van der Waals surface area contributed by atoms with Gasteiger partial charge >= 0.3 is 35.8 Å². The average molecular weight is 1180 g/mol. The first-order valence-electron chi connectivity index (χ1n) is 30.2. The number of para-hydroxylation sites is 1. The first kappa shape index (κ1) is 64.7. The van der Waals surface area contributed by atoms with Crippen molar-refractivity contribution in [2.45, 2.75) is 148 Å². The number of anilines is 1. The lowest BCUT2D eigenvalue weighted by atomic mass is 9.82. The quantitative estimate of drug-likeness (QED) is 0.00938. The Kier molecular flexibility index (Phi) is 26.5. The molecule has 4 aromatic carbocycles. The van der Waals surface area contributed by atoms with Crippen LogP contribution in [0.2, 0.25) is 0 Å². The fourth-order valence-corrected chi connectivity index (χ4v) is 11.2. The van der Waals surface area contributed by atoms with Gasteiger partial charge in [-0.25, -0.2) is 19.6 Å². The number of rotatable bonds is 34. The molecule has 0 aliphatic heterocycles. The lowest BCUT2D eigenvalue weighted by molar-refractivity contribution is -0.145. The second-order valence-electron chi connectivity index (χ2n) is 21.5. The van der Waals surface area contributed by atoms with E-state index in [9.17, 15) is 28.8 Å². The van der Waals surface area contributed by atoms with Crippen LogP contribution in [-0.2, 0) is 38.2 Å². The van der Waals surface area contributed by atoms with Gasteiger partial charge in [0.2, 0.25) is 5.13 Å². The molecule has 0 radical (unpaired) electrons. The predicted molar refractivity (Wildman–Crippen MR) is 326 cm³/mol. The summed E-state index contributed by atoms with van der Waals surface area (Å²) < 4.78 is 46.5. The number of benzene rings is 4. The van der Waals surface area contributed by atoms with Crippen LogP contribution in [0.5, 0.6) is 34.5 Å². The lowest BCUT2D eigenvalue weighted by Crippen LogP contribution is -2.31. The maximum atomic E-state index is 14.0. The number of ether oxygens (including phenoxy) is 8. The molecule has 1 aromatic heterocycles. The molecule has 2 aliphatic carbocycles. The van der Waals surface area contributed by atoms with E-state index in [0.29, 0.717) is 106 Å². The third-order valence-corrected chi connectivity index (χ3v) is 16.3. The van der Waals surface area contributed by atoms with Gasteiger partial charge in [0, 0.05) is 17.7 Å². The SMILES string of the molecule is C=CC(=O)OCCCCCCOc1ccc(OC(=O)[C@H]2CC[C@H](C(=O)Oc3ccc(OC(=O)[C@H]4CC[C@H](C(=O)Oc5ccc(OCCCCCCOC(=O)C=C)cc5)CC4)c(/C=N/N(c4nc5ccccc5s4)C(CC)CCCC)c3)CC2)cc1. The number of esters is 6. The van der Waals surface area contributed by atoms with Crippen LogP contribution in [0.1, 0.15) is 148 Å². The van der Waals surface area contributed by atoms with Crippen molar-refractivity contribution in [1.82, 2.24) is 4.98 Å². The molecule has 17 nitrogen and oxygen atoms in total. The molecule has 2 fully saturated rings. The molecule has 1 heterocycles. The Hall–Kier alpha value is -7.86. The third-order valence-electron chi connectivity index (χ3n) is 15.2. The van der Waals surface area contributed by atoms with Crippen molar-refractivity contribution in [3.63, 3.8) is 0 Å². The number of fused-ring (bicyclic) bond motifs is 1. The number of nitrogens with zero attached hydrogens (tertiary/aromatic N) is 3. The van der Waals surface area contributed by atoms with Gasteiger partial charge in [-0.1, -0.05) is 63.3 Å². The number of thiazole rings is 1. The van der Waals surface area contributed by atoms with Gasteiger partial charge < -0.3 is 37.9 Å². The van der Waals surface area contributed by atoms with Gasteiger partial charge in [0.05, 0.1) is 72.6 Å². The van der Waals surface area contributed by atoms with Crippen LogP contribution in [0.25, 0.3) is 10.2 Å². The van der Waals surface area contributed by atoms with E-state index >= 15 is 0 Å². The van der Waals surface area contributed by atoms with Gasteiger partial charge in [-0.05, 0) is 194 Å². The molecule has 0 bridgehead atoms. The Morgan fingerprint density at radius 3 is 1.45 bits per heavy atom. The monoisotopic (exact) mass is 1180 g/mol. The molecule has 454 valence electrons. The van der Waals surface area contributed by atoms with E-state index in [4.69, 9.17) is 48.0 Å². The highest BCUT2D eigenvalue weighted by Crippen LogP contribution is 2.36. The van der Waals surface area contributed by atoms with Crippen LogP contribution in [0.15, 0.2) is 121 Å². The molecule has 0 amide bonds. The molecule has 85 heavy (non-hydrogen) atoms. The predicted octanol–water partition coefficient (Wildman–Crippen LogP) is 14.1. The lowest BCUT2D eigenvalue weighted by Gasteiger charge is -2.27. The van der Waals surface area contributed by atoms with Crippen LogP contribution in [0.3, 0.4) is 0 Å². The van der Waals surface area contributed by atoms with Gasteiger partial charge in [0.15, 0.2) is 0 Å². The van der Waals surface area contributed by atoms with Crippen molar-refractivity contribution in [2.24, 2.45) is 28.8 Å². The van der Waals surface area contributed by atoms with Gasteiger partial charge in [0.25, 0.3) is 0 Å². The van der Waals surface area contributed by atoms with E-state index in [1.165, 1.54) is 0 Å². The number of hydrazone groups is 1. The smallest absolute Gasteiger partial charge is 0.330 e. The Morgan fingerprint density at radius 2 is 0.988 bits per heavy atom. The summed E-state index contributed by atoms with van der Waals surface area (Å²) in [5.41, 5.74) is 1.29. The zero-order valence-corrected chi connectivity index (χ0v) is 49.9. The summed E-state index contributed by atoms with van der Waals surface area (Å²) in [4.78, 5) is 81.8. The summed E-state index contributed by atoms with van der Waals surface area (Å²) in [6.45, 7) is 12.9. The molecule has 2 saturated carbocycles. The van der Waals surface area contributed by atoms with Crippen molar-refractivity contribution < 1.29 is 66.7 Å². The first-order chi connectivity index (χ1) is 41.4. The van der Waals surface area contributed by atoms with Crippen molar-refractivity contribution in [1.29, 1.82) is 0 Å². The van der Waals surface area contributed by atoms with Crippen molar-refractivity contribution in [3.8, 4) is 34.5 Å². The van der Waals surface area contributed by atoms with Gasteiger partial charge in [-0.2, -0.15) is 5.10 Å². The van der Waals surface area contributed by atoms with Crippen LogP contribution in [0, 0.1) is 23.7 Å². The van der Waals surface area contributed by atoms with E-state index in [1.54, 1.807) is 84.3 Å². The molecule has 5 aromatic rings. The standard InChI is InChI=1S/C67H81N3O14S/c1-5-9-20-52(6-2)70(67-69-58-21-14-15-22-60(58)85-67)68-46-51-45-57(83-65(75)49-25-23-47(24-26-49)63(73)81-55-35-31-53(32-36-55)77-41-16-10-12-18-43-79-61(71)7-3)39-40-59(51)84-66(76)50-29-27-48(28-30-50)64(74)82-56-37-33-54(34-38-56)78-42-17-11-13-19-44-80-62(72)8-4/h7-8,14-15,21-22,31-40,45-50,52H,3-6,9-13,16-20,23-30,41-44H2,1-2H3/b68-46+/t47-,48-,49-,50-,52?. The highest BCUT2D eigenvalue weighted by Gasteiger charge is 2.34. The number of aromatic nitrogens is 1. The molecule has 0 spiro atoms. The fourth-order valence-electron chi connectivity index (χ4n) is 10.2. The van der Waals surface area contributed by atoms with E-state index in [0.717, 1.165) is 105 Å². The van der Waals surface area contributed by atoms with Crippen molar-refractivity contribution in [2.75, 3.05) is 31.4 Å². The number of carbonyl (C=O) groups is 6. The largest absolute Gasteiger partial charge is 0.494 e. The normalized spacial score (nSPS) is 17.0. The highest BCUT2D eigenvalue weighted by atomic mass is 32.1. The summed E-state index contributed by atoms with van der Waals surface area (Å²) >= 11 is 1.55. The minimum absolute atomic E-state index is 0.0228. The van der Waals surface area contributed by atoms with Gasteiger partial charge in [0.1, 0.15) is 34.5 Å². The molecule has 18 heteroatoms.